The first-order valence-corrected chi connectivity index (χ1v) is 6.59. The Bertz CT molecular complexity index is 545. The molecule has 98 valence electrons. The van der Waals surface area contributed by atoms with Crippen molar-refractivity contribution in [1.82, 2.24) is 5.32 Å². The van der Waals surface area contributed by atoms with E-state index in [0.29, 0.717) is 12.1 Å². The molecule has 0 saturated heterocycles. The highest BCUT2D eigenvalue weighted by Gasteiger charge is 2.17. The number of rotatable bonds is 5. The number of hydrogen-bond acceptors (Lipinski definition) is 2. The third-order valence-electron chi connectivity index (χ3n) is 3.22. The van der Waals surface area contributed by atoms with Gasteiger partial charge in [0.2, 0.25) is 0 Å². The summed E-state index contributed by atoms with van der Waals surface area (Å²) in [5, 5.41) is 4.21. The Morgan fingerprint density at radius 1 is 1.28 bits per heavy atom. The van der Waals surface area contributed by atoms with E-state index in [1.165, 1.54) is 6.07 Å². The van der Waals surface area contributed by atoms with Crippen molar-refractivity contribution >= 4 is 11.0 Å². The van der Waals surface area contributed by atoms with Gasteiger partial charge >= 0.3 is 0 Å². The van der Waals surface area contributed by atoms with Gasteiger partial charge < -0.3 is 9.73 Å². The number of aryl methyl sites for hydroxylation is 2. The largest absolute Gasteiger partial charge is 0.456 e. The predicted octanol–water partition coefficient (Wildman–Crippen LogP) is 3.94. The van der Waals surface area contributed by atoms with Gasteiger partial charge in [0, 0.05) is 10.9 Å². The average Bonchev–Trinajstić information content (AvgIpc) is 2.72. The summed E-state index contributed by atoms with van der Waals surface area (Å²) >= 11 is 0. The molecule has 0 bridgehead atoms. The van der Waals surface area contributed by atoms with Gasteiger partial charge in [-0.15, -0.1) is 0 Å². The van der Waals surface area contributed by atoms with Gasteiger partial charge in [0.05, 0.1) is 6.54 Å². The molecular weight excluding hydrogens is 229 g/mol. The second-order valence-corrected chi connectivity index (χ2v) is 4.60. The lowest BCUT2D eigenvalue weighted by atomic mass is 10.0. The molecule has 1 N–H and O–H groups in total. The van der Waals surface area contributed by atoms with Crippen LogP contribution in [0.3, 0.4) is 0 Å². The molecule has 0 radical (unpaired) electrons. The van der Waals surface area contributed by atoms with E-state index in [-0.39, 0.29) is 5.82 Å². The van der Waals surface area contributed by atoms with E-state index in [0.717, 1.165) is 41.7 Å². The van der Waals surface area contributed by atoms with Gasteiger partial charge in [-0.3, -0.25) is 0 Å². The summed E-state index contributed by atoms with van der Waals surface area (Å²) < 4.78 is 19.5. The maximum Gasteiger partial charge on any atom is 0.170 e. The number of fused-ring (bicyclic) bond motifs is 1. The van der Waals surface area contributed by atoms with Crippen LogP contribution >= 0.6 is 0 Å². The Morgan fingerprint density at radius 2 is 2.06 bits per heavy atom. The van der Waals surface area contributed by atoms with Gasteiger partial charge in [-0.05, 0) is 31.5 Å². The fraction of sp³-hybridized carbons (Fsp3) is 0.467. The molecule has 2 nitrogen and oxygen atoms in total. The van der Waals surface area contributed by atoms with Crippen LogP contribution in [0.4, 0.5) is 4.39 Å². The maximum atomic E-state index is 13.8. The molecule has 0 aliphatic rings. The fourth-order valence-corrected chi connectivity index (χ4v) is 2.35. The van der Waals surface area contributed by atoms with Crippen molar-refractivity contribution in [1.29, 1.82) is 0 Å². The summed E-state index contributed by atoms with van der Waals surface area (Å²) in [5.74, 6) is 0.609. The quantitative estimate of drug-likeness (QED) is 0.868. The van der Waals surface area contributed by atoms with Crippen LogP contribution in [0.5, 0.6) is 0 Å². The molecule has 3 heteroatoms. The van der Waals surface area contributed by atoms with Crippen LogP contribution in [-0.2, 0) is 13.0 Å². The Balaban J connectivity index is 2.59. The molecule has 0 saturated carbocycles. The van der Waals surface area contributed by atoms with E-state index in [1.807, 2.05) is 19.9 Å². The molecule has 18 heavy (non-hydrogen) atoms. The summed E-state index contributed by atoms with van der Waals surface area (Å²) in [6, 6.07) is 3.30. The van der Waals surface area contributed by atoms with E-state index in [4.69, 9.17) is 4.42 Å². The molecule has 1 heterocycles. The van der Waals surface area contributed by atoms with E-state index >= 15 is 0 Å². The zero-order chi connectivity index (χ0) is 13.1. The summed E-state index contributed by atoms with van der Waals surface area (Å²) in [6.45, 7) is 7.73. The number of furan rings is 1. The van der Waals surface area contributed by atoms with Crippen molar-refractivity contribution in [2.75, 3.05) is 6.54 Å². The Hall–Kier alpha value is -1.35. The Labute approximate surface area is 107 Å². The molecule has 1 aromatic heterocycles. The molecule has 2 rings (SSSR count). The molecule has 0 aliphatic carbocycles. The van der Waals surface area contributed by atoms with Crippen molar-refractivity contribution in [3.05, 3.63) is 34.8 Å². The predicted molar refractivity (Wildman–Crippen MR) is 72.3 cm³/mol. The normalized spacial score (nSPS) is 11.3. The summed E-state index contributed by atoms with van der Waals surface area (Å²) in [5.41, 5.74) is 2.65. The molecule has 0 fully saturated rings. The van der Waals surface area contributed by atoms with E-state index in [1.54, 1.807) is 0 Å². The standard InChI is InChI=1S/C15H20FNO/c1-4-6-11-13(9-17-5-2)18-15-12(16)8-7-10(3)14(11)15/h7-8,17H,4-6,9H2,1-3H3. The third-order valence-corrected chi connectivity index (χ3v) is 3.22. The molecule has 1 aromatic carbocycles. The molecule has 0 unspecified atom stereocenters. The highest BCUT2D eigenvalue weighted by molar-refractivity contribution is 5.86. The first-order valence-electron chi connectivity index (χ1n) is 6.59. The van der Waals surface area contributed by atoms with Crippen molar-refractivity contribution in [3.8, 4) is 0 Å². The van der Waals surface area contributed by atoms with Crippen molar-refractivity contribution < 1.29 is 8.81 Å². The van der Waals surface area contributed by atoms with Crippen LogP contribution in [0.15, 0.2) is 16.5 Å². The van der Waals surface area contributed by atoms with E-state index in [9.17, 15) is 4.39 Å². The smallest absolute Gasteiger partial charge is 0.170 e. The number of hydrogen-bond donors (Lipinski definition) is 1. The lowest BCUT2D eigenvalue weighted by Crippen LogP contribution is -2.12. The van der Waals surface area contributed by atoms with Gasteiger partial charge in [0.15, 0.2) is 11.4 Å². The minimum atomic E-state index is -0.268. The monoisotopic (exact) mass is 249 g/mol. The summed E-state index contributed by atoms with van der Waals surface area (Å²) in [4.78, 5) is 0. The second-order valence-electron chi connectivity index (χ2n) is 4.60. The zero-order valence-corrected chi connectivity index (χ0v) is 11.3. The maximum absolute atomic E-state index is 13.8. The molecular formula is C15H20FNO. The number of nitrogens with one attached hydrogen (secondary N) is 1. The number of halogens is 1. The first kappa shape index (κ1) is 13.1. The van der Waals surface area contributed by atoms with Crippen molar-refractivity contribution in [3.63, 3.8) is 0 Å². The van der Waals surface area contributed by atoms with Gasteiger partial charge in [-0.2, -0.15) is 0 Å². The van der Waals surface area contributed by atoms with Crippen molar-refractivity contribution in [2.45, 2.75) is 40.2 Å². The van der Waals surface area contributed by atoms with E-state index < -0.39 is 0 Å². The molecule has 0 spiro atoms. The molecule has 0 amide bonds. The highest BCUT2D eigenvalue weighted by atomic mass is 19.1. The van der Waals surface area contributed by atoms with Gasteiger partial charge in [0.25, 0.3) is 0 Å². The highest BCUT2D eigenvalue weighted by Crippen LogP contribution is 2.31. The van der Waals surface area contributed by atoms with Crippen LogP contribution in [0.1, 0.15) is 37.2 Å². The topological polar surface area (TPSA) is 25.2 Å². The molecule has 0 atom stereocenters. The Kier molecular flexibility index (Phi) is 4.02. The van der Waals surface area contributed by atoms with Crippen LogP contribution < -0.4 is 5.32 Å². The second kappa shape index (κ2) is 5.53. The van der Waals surface area contributed by atoms with Crippen LogP contribution in [0.2, 0.25) is 0 Å². The lowest BCUT2D eigenvalue weighted by molar-refractivity contribution is 0.494. The van der Waals surface area contributed by atoms with Gasteiger partial charge in [-0.1, -0.05) is 26.3 Å². The summed E-state index contributed by atoms with van der Waals surface area (Å²) in [7, 11) is 0. The van der Waals surface area contributed by atoms with Crippen LogP contribution in [0.25, 0.3) is 11.0 Å². The fourth-order valence-electron chi connectivity index (χ4n) is 2.35. The SMILES string of the molecule is CCCc1c(CNCC)oc2c(F)ccc(C)c12. The van der Waals surface area contributed by atoms with Crippen LogP contribution in [0, 0.1) is 12.7 Å². The average molecular weight is 249 g/mol. The van der Waals surface area contributed by atoms with E-state index in [2.05, 4.69) is 12.2 Å². The minimum Gasteiger partial charge on any atom is -0.456 e. The zero-order valence-electron chi connectivity index (χ0n) is 11.3. The van der Waals surface area contributed by atoms with Gasteiger partial charge in [0.1, 0.15) is 5.76 Å². The first-order chi connectivity index (χ1) is 8.69. The van der Waals surface area contributed by atoms with Gasteiger partial charge in [-0.25, -0.2) is 4.39 Å². The molecule has 2 aromatic rings. The molecule has 0 aliphatic heterocycles. The number of benzene rings is 1. The Morgan fingerprint density at radius 3 is 2.72 bits per heavy atom. The van der Waals surface area contributed by atoms with Crippen LogP contribution in [-0.4, -0.2) is 6.54 Å². The van der Waals surface area contributed by atoms with Crippen molar-refractivity contribution in [2.24, 2.45) is 0 Å². The minimum absolute atomic E-state index is 0.268. The third kappa shape index (κ3) is 2.27. The lowest BCUT2D eigenvalue weighted by Gasteiger charge is -2.03. The summed E-state index contributed by atoms with van der Waals surface area (Å²) in [6.07, 6.45) is 1.96.